The fourth-order valence-corrected chi connectivity index (χ4v) is 5.24. The van der Waals surface area contributed by atoms with Crippen LogP contribution in [0.1, 0.15) is 12.0 Å². The summed E-state index contributed by atoms with van der Waals surface area (Å²) in [5.41, 5.74) is 2.75. The lowest BCUT2D eigenvalue weighted by Gasteiger charge is -2.26. The summed E-state index contributed by atoms with van der Waals surface area (Å²) in [6.07, 6.45) is -0.137. The molecule has 2 fully saturated rings. The molecule has 3 aromatic rings. The normalized spacial score (nSPS) is 20.9. The number of methoxy groups -OCH3 is 1. The maximum Gasteiger partial charge on any atom is 0.419 e. The first kappa shape index (κ1) is 29.9. The van der Waals surface area contributed by atoms with Crippen molar-refractivity contribution in [1.29, 1.82) is 5.26 Å². The van der Waals surface area contributed by atoms with Crippen molar-refractivity contribution < 1.29 is 27.8 Å². The fourth-order valence-electron chi connectivity index (χ4n) is 5.24. The summed E-state index contributed by atoms with van der Waals surface area (Å²) >= 11 is 0. The number of ether oxygens (including phenoxy) is 3. The number of hydrogen-bond donors (Lipinski definition) is 2. The minimum Gasteiger partial charge on any atom is -0.408 e. The smallest absolute Gasteiger partial charge is 0.408 e. The van der Waals surface area contributed by atoms with Crippen molar-refractivity contribution in [2.24, 2.45) is 0 Å². The van der Waals surface area contributed by atoms with Crippen molar-refractivity contribution in [2.75, 3.05) is 59.7 Å². The van der Waals surface area contributed by atoms with E-state index >= 15 is 4.39 Å². The van der Waals surface area contributed by atoms with Crippen LogP contribution in [0.2, 0.25) is 0 Å². The van der Waals surface area contributed by atoms with Crippen molar-refractivity contribution in [3.63, 3.8) is 0 Å². The molecule has 1 amide bonds. The Morgan fingerprint density at radius 2 is 2.00 bits per heavy atom. The number of aromatic nitrogens is 1. The molecule has 2 saturated heterocycles. The van der Waals surface area contributed by atoms with Gasteiger partial charge in [0.2, 0.25) is 0 Å². The highest BCUT2D eigenvalue weighted by Crippen LogP contribution is 2.26. The topological polar surface area (TPSA) is 131 Å². The van der Waals surface area contributed by atoms with E-state index in [-0.39, 0.29) is 19.1 Å². The van der Waals surface area contributed by atoms with E-state index in [1.54, 1.807) is 35.9 Å². The molecule has 0 bridgehead atoms. The summed E-state index contributed by atoms with van der Waals surface area (Å²) in [6.45, 7) is 5.43. The Labute approximate surface area is 243 Å². The van der Waals surface area contributed by atoms with Gasteiger partial charge in [-0.3, -0.25) is 14.3 Å². The molecule has 3 heterocycles. The Hall–Kier alpha value is -3.60. The van der Waals surface area contributed by atoms with Gasteiger partial charge in [0, 0.05) is 46.3 Å². The van der Waals surface area contributed by atoms with Crippen molar-refractivity contribution in [3.05, 3.63) is 58.3 Å². The second-order valence-corrected chi connectivity index (χ2v) is 10.5. The molecule has 0 aliphatic carbocycles. The van der Waals surface area contributed by atoms with Crippen LogP contribution < -0.4 is 16.4 Å². The first-order valence-electron chi connectivity index (χ1n) is 14.2. The first-order chi connectivity index (χ1) is 20.4. The van der Waals surface area contributed by atoms with Gasteiger partial charge in [0.15, 0.2) is 5.58 Å². The molecular formula is C30H36FN5O6. The van der Waals surface area contributed by atoms with E-state index in [0.717, 1.165) is 25.1 Å². The average molecular weight is 582 g/mol. The number of fused-ring (bicyclic) bond motifs is 1. The Kier molecular flexibility index (Phi) is 9.99. The molecule has 42 heavy (non-hydrogen) atoms. The summed E-state index contributed by atoms with van der Waals surface area (Å²) in [5.74, 6) is -1.36. The van der Waals surface area contributed by atoms with E-state index in [2.05, 4.69) is 21.6 Å². The Morgan fingerprint density at radius 1 is 1.21 bits per heavy atom. The second-order valence-electron chi connectivity index (χ2n) is 10.5. The molecule has 0 saturated carbocycles. The number of amides is 1. The van der Waals surface area contributed by atoms with E-state index < -0.39 is 29.6 Å². The number of carbonyl (C=O) groups is 1. The third kappa shape index (κ3) is 7.24. The highest BCUT2D eigenvalue weighted by Gasteiger charge is 2.26. The van der Waals surface area contributed by atoms with Crippen LogP contribution in [-0.4, -0.2) is 93.3 Å². The number of nitrogens with zero attached hydrogens (tertiary/aromatic N) is 3. The van der Waals surface area contributed by atoms with Gasteiger partial charge in [-0.1, -0.05) is 18.2 Å². The number of carbonyl (C=O) groups excluding carboxylic acids is 1. The van der Waals surface area contributed by atoms with Gasteiger partial charge in [-0.05, 0) is 47.9 Å². The molecule has 0 spiro atoms. The average Bonchev–Trinajstić information content (AvgIpc) is 3.31. The van der Waals surface area contributed by atoms with Crippen LogP contribution >= 0.6 is 0 Å². The summed E-state index contributed by atoms with van der Waals surface area (Å²) in [6, 6.07) is 11.2. The molecule has 2 aromatic carbocycles. The molecule has 2 aliphatic rings. The molecule has 5 rings (SSSR count). The molecule has 1 aromatic heterocycles. The van der Waals surface area contributed by atoms with E-state index in [1.165, 1.54) is 6.07 Å². The monoisotopic (exact) mass is 581 g/mol. The van der Waals surface area contributed by atoms with Gasteiger partial charge in [0.1, 0.15) is 18.0 Å². The van der Waals surface area contributed by atoms with Gasteiger partial charge in [0.05, 0.1) is 37.5 Å². The number of hydrogen-bond acceptors (Lipinski definition) is 9. The Bertz CT molecular complexity index is 1480. The molecule has 224 valence electrons. The standard InChI is InChI=1S/C30H36FN5O6/c1-39-24-6-7-33-18-28(41-19-24)29(37)34-23(17-32)14-22-3-2-20(15-25(22)31)21-4-5-27-26(16-21)36(30(38)42-27)9-8-35-10-12-40-13-11-35/h2-5,15-16,23-24,28,33H,6-14,18-19H2,1H3,(H,34,37)/t23-,24+,28-/m0/s1. The van der Waals surface area contributed by atoms with E-state index in [4.69, 9.17) is 18.6 Å². The quantitative estimate of drug-likeness (QED) is 0.388. The first-order valence-corrected chi connectivity index (χ1v) is 14.2. The predicted molar refractivity (Wildman–Crippen MR) is 152 cm³/mol. The van der Waals surface area contributed by atoms with Crippen LogP contribution in [0.5, 0.6) is 0 Å². The molecule has 12 heteroatoms. The van der Waals surface area contributed by atoms with Crippen molar-refractivity contribution >= 4 is 17.0 Å². The van der Waals surface area contributed by atoms with Gasteiger partial charge in [-0.25, -0.2) is 9.18 Å². The zero-order valence-corrected chi connectivity index (χ0v) is 23.6. The lowest BCUT2D eigenvalue weighted by Crippen LogP contribution is -2.49. The Balaban J connectivity index is 1.26. The Morgan fingerprint density at radius 3 is 2.76 bits per heavy atom. The molecule has 3 atom stereocenters. The summed E-state index contributed by atoms with van der Waals surface area (Å²) in [5, 5.41) is 15.5. The number of nitriles is 1. The number of morpholine rings is 1. The number of rotatable bonds is 9. The zero-order valence-electron chi connectivity index (χ0n) is 23.6. The van der Waals surface area contributed by atoms with Gasteiger partial charge in [-0.2, -0.15) is 5.26 Å². The molecule has 11 nitrogen and oxygen atoms in total. The van der Waals surface area contributed by atoms with Gasteiger partial charge in [-0.15, -0.1) is 0 Å². The van der Waals surface area contributed by atoms with E-state index in [1.807, 2.05) is 6.07 Å². The highest BCUT2D eigenvalue weighted by atomic mass is 19.1. The van der Waals surface area contributed by atoms with Gasteiger partial charge < -0.3 is 29.3 Å². The van der Waals surface area contributed by atoms with Crippen LogP contribution in [0.4, 0.5) is 4.39 Å². The minimum atomic E-state index is -0.937. The maximum atomic E-state index is 15.3. The molecule has 0 radical (unpaired) electrons. The van der Waals surface area contributed by atoms with Crippen LogP contribution in [0.3, 0.4) is 0 Å². The number of oxazole rings is 1. The molecule has 2 aliphatic heterocycles. The maximum absolute atomic E-state index is 15.3. The third-order valence-corrected chi connectivity index (χ3v) is 7.78. The van der Waals surface area contributed by atoms with E-state index in [9.17, 15) is 14.9 Å². The summed E-state index contributed by atoms with van der Waals surface area (Å²) < 4.78 is 38.7. The largest absolute Gasteiger partial charge is 0.419 e. The molecule has 2 N–H and O–H groups in total. The number of nitrogens with one attached hydrogen (secondary N) is 2. The lowest BCUT2D eigenvalue weighted by atomic mass is 9.99. The van der Waals surface area contributed by atoms with Crippen LogP contribution in [-0.2, 0) is 32.0 Å². The minimum absolute atomic E-state index is 0.00293. The SMILES string of the molecule is CO[C@@H]1CCNC[C@@H](C(=O)N[C@H](C#N)Cc2ccc(-c3ccc4oc(=O)n(CCN5CCOCC5)c4c3)cc2F)OC1. The molecular weight excluding hydrogens is 545 g/mol. The van der Waals surface area contributed by atoms with Crippen LogP contribution in [0.15, 0.2) is 45.6 Å². The third-order valence-electron chi connectivity index (χ3n) is 7.78. The van der Waals surface area contributed by atoms with Crippen molar-refractivity contribution in [1.82, 2.24) is 20.1 Å². The zero-order chi connectivity index (χ0) is 29.5. The number of benzene rings is 2. The summed E-state index contributed by atoms with van der Waals surface area (Å²) in [4.78, 5) is 27.6. The van der Waals surface area contributed by atoms with Crippen LogP contribution in [0.25, 0.3) is 22.2 Å². The van der Waals surface area contributed by atoms with Crippen molar-refractivity contribution in [2.45, 2.75) is 37.6 Å². The van der Waals surface area contributed by atoms with E-state index in [0.29, 0.717) is 61.6 Å². The van der Waals surface area contributed by atoms with Crippen molar-refractivity contribution in [3.8, 4) is 17.2 Å². The van der Waals surface area contributed by atoms with Gasteiger partial charge in [0.25, 0.3) is 5.91 Å². The van der Waals surface area contributed by atoms with Gasteiger partial charge >= 0.3 is 5.76 Å². The second kappa shape index (κ2) is 14.0. The predicted octanol–water partition coefficient (Wildman–Crippen LogP) is 1.68. The highest BCUT2D eigenvalue weighted by molar-refractivity contribution is 5.82. The number of halogens is 1. The van der Waals surface area contributed by atoms with Crippen LogP contribution in [0, 0.1) is 17.1 Å². The lowest BCUT2D eigenvalue weighted by molar-refractivity contribution is -0.136. The summed E-state index contributed by atoms with van der Waals surface area (Å²) in [7, 11) is 1.60. The molecule has 0 unspecified atom stereocenters. The fraction of sp³-hybridized carbons (Fsp3) is 0.500.